The highest BCUT2D eigenvalue weighted by molar-refractivity contribution is 6.04. The van der Waals surface area contributed by atoms with Gasteiger partial charge in [-0.15, -0.1) is 0 Å². The van der Waals surface area contributed by atoms with Gasteiger partial charge in [-0.25, -0.2) is 14.4 Å². The van der Waals surface area contributed by atoms with Gasteiger partial charge in [-0.2, -0.15) is 0 Å². The van der Waals surface area contributed by atoms with Crippen molar-refractivity contribution in [2.24, 2.45) is 11.8 Å². The Morgan fingerprint density at radius 3 is 2.91 bits per heavy atom. The molecular weight excluding hydrogens is 409 g/mol. The summed E-state index contributed by atoms with van der Waals surface area (Å²) < 4.78 is 14.1. The van der Waals surface area contributed by atoms with E-state index in [1.165, 1.54) is 0 Å². The van der Waals surface area contributed by atoms with E-state index in [1.54, 1.807) is 36.8 Å². The zero-order chi connectivity index (χ0) is 21.9. The van der Waals surface area contributed by atoms with E-state index in [0.29, 0.717) is 31.1 Å². The number of nitrogens with one attached hydrogen (secondary N) is 2. The van der Waals surface area contributed by atoms with Crippen molar-refractivity contribution in [2.45, 2.75) is 6.42 Å². The van der Waals surface area contributed by atoms with Crippen LogP contribution in [0.15, 0.2) is 54.8 Å². The fourth-order valence-electron chi connectivity index (χ4n) is 4.59. The second kappa shape index (κ2) is 9.04. The third-order valence-corrected chi connectivity index (χ3v) is 6.29. The number of hydrogen-bond acceptors (Lipinski definition) is 7. The van der Waals surface area contributed by atoms with Crippen LogP contribution in [0.1, 0.15) is 16.9 Å². The lowest BCUT2D eigenvalue weighted by Gasteiger charge is -2.37. The van der Waals surface area contributed by atoms with E-state index in [-0.39, 0.29) is 29.3 Å². The first-order chi connectivity index (χ1) is 15.7. The quantitative estimate of drug-likeness (QED) is 0.763. The zero-order valence-electron chi connectivity index (χ0n) is 17.7. The average molecular weight is 436 g/mol. The fraction of sp³-hybridized carbons (Fsp3) is 0.391. The van der Waals surface area contributed by atoms with Crippen molar-refractivity contribution in [2.75, 3.05) is 54.4 Å². The van der Waals surface area contributed by atoms with Crippen molar-refractivity contribution in [1.29, 1.82) is 0 Å². The summed E-state index contributed by atoms with van der Waals surface area (Å²) in [4.78, 5) is 30.3. The number of halogens is 1. The summed E-state index contributed by atoms with van der Waals surface area (Å²) in [6.07, 6.45) is 11.1. The number of allylic oxidation sites excluding steroid dienone is 3. The van der Waals surface area contributed by atoms with Crippen LogP contribution in [-0.4, -0.2) is 60.1 Å². The van der Waals surface area contributed by atoms with Gasteiger partial charge in [0.1, 0.15) is 11.5 Å². The van der Waals surface area contributed by atoms with Crippen LogP contribution in [0.2, 0.25) is 0 Å². The third-order valence-electron chi connectivity index (χ3n) is 6.29. The lowest BCUT2D eigenvalue weighted by molar-refractivity contribution is 0.102. The topological polar surface area (TPSA) is 86.3 Å². The Morgan fingerprint density at radius 2 is 2.03 bits per heavy atom. The van der Waals surface area contributed by atoms with Gasteiger partial charge < -0.3 is 20.4 Å². The number of aromatic nitrogens is 3. The molecule has 2 fully saturated rings. The van der Waals surface area contributed by atoms with Crippen molar-refractivity contribution in [1.82, 2.24) is 20.3 Å². The predicted octanol–water partition coefficient (Wildman–Crippen LogP) is 2.40. The van der Waals surface area contributed by atoms with E-state index in [0.717, 1.165) is 31.9 Å². The summed E-state index contributed by atoms with van der Waals surface area (Å²) in [5.74, 6) is 0.152. The Balaban J connectivity index is 1.31. The van der Waals surface area contributed by atoms with Crippen LogP contribution < -0.4 is 20.4 Å². The molecular formula is C23H26FN7O. The molecule has 2 aromatic heterocycles. The number of carbonyl (C=O) groups is 1. The Morgan fingerprint density at radius 1 is 1.16 bits per heavy atom. The molecule has 2 unspecified atom stereocenters. The Kier molecular flexibility index (Phi) is 5.81. The number of rotatable bonds is 4. The largest absolute Gasteiger partial charge is 0.367 e. The molecule has 9 heteroatoms. The molecule has 0 saturated carbocycles. The average Bonchev–Trinajstić information content (AvgIpc) is 2.85. The molecule has 166 valence electrons. The number of amides is 1. The van der Waals surface area contributed by atoms with Gasteiger partial charge in [0.15, 0.2) is 0 Å². The molecule has 0 radical (unpaired) electrons. The van der Waals surface area contributed by atoms with Gasteiger partial charge in [-0.05, 0) is 24.6 Å². The Hall–Kier alpha value is -3.33. The predicted molar refractivity (Wildman–Crippen MR) is 121 cm³/mol. The minimum absolute atomic E-state index is 0.0528. The van der Waals surface area contributed by atoms with E-state index in [4.69, 9.17) is 0 Å². The summed E-state index contributed by atoms with van der Waals surface area (Å²) in [6, 6.07) is 3.52. The molecule has 2 aliphatic heterocycles. The Labute approximate surface area is 186 Å². The molecule has 0 aromatic carbocycles. The summed E-state index contributed by atoms with van der Waals surface area (Å²) in [6.45, 7) is 4.81. The van der Waals surface area contributed by atoms with Gasteiger partial charge in [0.05, 0.1) is 17.6 Å². The molecule has 2 saturated heterocycles. The highest BCUT2D eigenvalue weighted by Gasteiger charge is 2.33. The molecule has 32 heavy (non-hydrogen) atoms. The van der Waals surface area contributed by atoms with Gasteiger partial charge in [0.2, 0.25) is 5.95 Å². The maximum Gasteiger partial charge on any atom is 0.274 e. The zero-order valence-corrected chi connectivity index (χ0v) is 17.7. The van der Waals surface area contributed by atoms with Gasteiger partial charge >= 0.3 is 0 Å². The summed E-state index contributed by atoms with van der Waals surface area (Å²) in [7, 11) is 0. The number of nitrogens with zero attached hydrogens (tertiary/aromatic N) is 5. The standard InChI is InChI=1S/C23H26FN7O/c24-18-3-1-2-16-15-31(11-6-17(16)18)23-27-8-4-19(29-23)22(32)28-20-14-26-7-5-21(20)30-12-9-25-10-13-30/h1-5,7-8,14,16-17,25H,6,9-13,15H2,(H,28,32). The van der Waals surface area contributed by atoms with E-state index in [2.05, 4.69) is 30.5 Å². The van der Waals surface area contributed by atoms with Crippen molar-refractivity contribution in [3.63, 3.8) is 0 Å². The van der Waals surface area contributed by atoms with E-state index in [9.17, 15) is 9.18 Å². The number of fused-ring (bicyclic) bond motifs is 1. The molecule has 0 bridgehead atoms. The first-order valence-corrected chi connectivity index (χ1v) is 11.0. The van der Waals surface area contributed by atoms with E-state index < -0.39 is 0 Å². The van der Waals surface area contributed by atoms with Gasteiger partial charge in [-0.3, -0.25) is 9.78 Å². The van der Waals surface area contributed by atoms with Crippen molar-refractivity contribution >= 4 is 23.2 Å². The minimum Gasteiger partial charge on any atom is -0.367 e. The maximum atomic E-state index is 14.1. The normalized spacial score (nSPS) is 22.8. The second-order valence-electron chi connectivity index (χ2n) is 8.27. The smallest absolute Gasteiger partial charge is 0.274 e. The van der Waals surface area contributed by atoms with Crippen LogP contribution in [0, 0.1) is 11.8 Å². The number of anilines is 3. The molecule has 1 aliphatic carbocycles. The maximum absolute atomic E-state index is 14.1. The monoisotopic (exact) mass is 435 g/mol. The van der Waals surface area contributed by atoms with Crippen LogP contribution >= 0.6 is 0 Å². The molecule has 3 aliphatic rings. The fourth-order valence-corrected chi connectivity index (χ4v) is 4.59. The molecule has 2 aromatic rings. The molecule has 5 rings (SSSR count). The molecule has 2 N–H and O–H groups in total. The van der Waals surface area contributed by atoms with Gasteiger partial charge in [0.25, 0.3) is 5.91 Å². The van der Waals surface area contributed by atoms with Crippen LogP contribution in [0.5, 0.6) is 0 Å². The van der Waals surface area contributed by atoms with E-state index >= 15 is 0 Å². The van der Waals surface area contributed by atoms with Crippen molar-refractivity contribution in [3.05, 3.63) is 60.5 Å². The first kappa shape index (κ1) is 20.6. The molecule has 0 spiro atoms. The third kappa shape index (κ3) is 4.20. The number of piperidine rings is 1. The molecule has 8 nitrogen and oxygen atoms in total. The number of carbonyl (C=O) groups excluding carboxylic acids is 1. The minimum atomic E-state index is -0.306. The second-order valence-corrected chi connectivity index (χ2v) is 8.27. The first-order valence-electron chi connectivity index (χ1n) is 11.0. The van der Waals surface area contributed by atoms with Crippen LogP contribution in [0.4, 0.5) is 21.7 Å². The van der Waals surface area contributed by atoms with Crippen LogP contribution in [-0.2, 0) is 0 Å². The molecule has 2 atom stereocenters. The molecule has 1 amide bonds. The summed E-state index contributed by atoms with van der Waals surface area (Å²) in [5.41, 5.74) is 1.90. The lowest BCUT2D eigenvalue weighted by atomic mass is 9.82. The lowest BCUT2D eigenvalue weighted by Crippen LogP contribution is -2.43. The number of piperazine rings is 1. The van der Waals surface area contributed by atoms with Gasteiger partial charge in [-0.1, -0.05) is 12.2 Å². The van der Waals surface area contributed by atoms with Gasteiger partial charge in [0, 0.05) is 63.5 Å². The number of pyridine rings is 1. The van der Waals surface area contributed by atoms with Crippen molar-refractivity contribution in [3.8, 4) is 0 Å². The summed E-state index contributed by atoms with van der Waals surface area (Å²) >= 11 is 0. The Bertz CT molecular complexity index is 1050. The highest BCUT2D eigenvalue weighted by Crippen LogP contribution is 2.35. The SMILES string of the molecule is O=C(Nc1cnccc1N1CCNCC1)c1ccnc(N2CCC3C(F)=CC=CC3C2)n1. The van der Waals surface area contributed by atoms with Crippen molar-refractivity contribution < 1.29 is 9.18 Å². The highest BCUT2D eigenvalue weighted by atomic mass is 19.1. The summed E-state index contributed by atoms with van der Waals surface area (Å²) in [5, 5.41) is 6.30. The van der Waals surface area contributed by atoms with Crippen LogP contribution in [0.3, 0.4) is 0 Å². The number of hydrogen-bond donors (Lipinski definition) is 2. The molecule has 4 heterocycles. The van der Waals surface area contributed by atoms with E-state index in [1.807, 2.05) is 17.0 Å². The van der Waals surface area contributed by atoms with Crippen LogP contribution in [0.25, 0.3) is 0 Å².